The number of para-hydroxylation sites is 1. The zero-order chi connectivity index (χ0) is 13.9. The monoisotopic (exact) mass is 271 g/mol. The Bertz CT molecular complexity index is 617. The minimum atomic E-state index is -0.0941. The van der Waals surface area contributed by atoms with Crippen molar-refractivity contribution in [1.29, 1.82) is 0 Å². The maximum Gasteiger partial charge on any atom is 0.230 e. The third-order valence-corrected chi connectivity index (χ3v) is 3.43. The molecular weight excluding hydrogens is 254 g/mol. The van der Waals surface area contributed by atoms with Gasteiger partial charge in [0.25, 0.3) is 0 Å². The molecular formula is C15H17N3O2. The molecule has 0 saturated heterocycles. The number of nitrogens with one attached hydrogen (secondary N) is 2. The first-order valence-corrected chi connectivity index (χ1v) is 6.73. The summed E-state index contributed by atoms with van der Waals surface area (Å²) in [6.45, 7) is 0. The van der Waals surface area contributed by atoms with Gasteiger partial charge in [-0.2, -0.15) is 5.10 Å². The molecule has 1 fully saturated rings. The van der Waals surface area contributed by atoms with E-state index in [0.717, 1.165) is 17.0 Å². The number of carbonyl (C=O) groups is 1. The molecule has 0 unspecified atom stereocenters. The minimum absolute atomic E-state index is 0.0941. The Balaban J connectivity index is 1.63. The predicted octanol–water partition coefficient (Wildman–Crippen LogP) is 2.48. The summed E-state index contributed by atoms with van der Waals surface area (Å²) in [6.07, 6.45) is 2.68. The third-order valence-electron chi connectivity index (χ3n) is 3.43. The molecule has 0 bridgehead atoms. The molecule has 0 radical (unpaired) electrons. The van der Waals surface area contributed by atoms with E-state index in [0.29, 0.717) is 11.7 Å². The topological polar surface area (TPSA) is 67.0 Å². The number of anilines is 1. The van der Waals surface area contributed by atoms with Gasteiger partial charge in [0.05, 0.1) is 13.5 Å². The Hall–Kier alpha value is -2.30. The SMILES string of the molecule is COc1ccccc1CC(=O)Nc1cc(C2CC2)[nH]n1. The third kappa shape index (κ3) is 2.82. The van der Waals surface area contributed by atoms with Gasteiger partial charge in [-0.1, -0.05) is 18.2 Å². The molecule has 2 N–H and O–H groups in total. The van der Waals surface area contributed by atoms with Gasteiger partial charge in [0.2, 0.25) is 5.91 Å². The molecule has 1 aliphatic carbocycles. The summed E-state index contributed by atoms with van der Waals surface area (Å²) in [5, 5.41) is 9.89. The molecule has 0 spiro atoms. The number of carbonyl (C=O) groups excluding carboxylic acids is 1. The minimum Gasteiger partial charge on any atom is -0.496 e. The number of nitrogens with zero attached hydrogens (tertiary/aromatic N) is 1. The summed E-state index contributed by atoms with van der Waals surface area (Å²) in [7, 11) is 1.60. The van der Waals surface area contributed by atoms with Crippen molar-refractivity contribution in [1.82, 2.24) is 10.2 Å². The van der Waals surface area contributed by atoms with Gasteiger partial charge in [0.1, 0.15) is 5.75 Å². The highest BCUT2D eigenvalue weighted by molar-refractivity contribution is 5.91. The van der Waals surface area contributed by atoms with E-state index in [2.05, 4.69) is 15.5 Å². The number of amides is 1. The van der Waals surface area contributed by atoms with Crippen molar-refractivity contribution in [3.8, 4) is 5.75 Å². The van der Waals surface area contributed by atoms with Gasteiger partial charge in [-0.15, -0.1) is 0 Å². The standard InChI is InChI=1S/C15H17N3O2/c1-20-13-5-3-2-4-11(13)8-15(19)16-14-9-12(17-18-14)10-6-7-10/h2-5,9-10H,6-8H2,1H3,(H2,16,17,18,19). The second-order valence-corrected chi connectivity index (χ2v) is 5.02. The fraction of sp³-hybridized carbons (Fsp3) is 0.333. The first kappa shape index (κ1) is 12.7. The zero-order valence-corrected chi connectivity index (χ0v) is 11.3. The molecule has 104 valence electrons. The van der Waals surface area contributed by atoms with Gasteiger partial charge in [0, 0.05) is 23.2 Å². The van der Waals surface area contributed by atoms with Crippen LogP contribution in [0.15, 0.2) is 30.3 Å². The normalized spacial score (nSPS) is 14.1. The largest absolute Gasteiger partial charge is 0.496 e. The van der Waals surface area contributed by atoms with Crippen LogP contribution < -0.4 is 10.1 Å². The van der Waals surface area contributed by atoms with Crippen LogP contribution in [-0.2, 0) is 11.2 Å². The Morgan fingerprint density at radius 1 is 1.45 bits per heavy atom. The van der Waals surface area contributed by atoms with Gasteiger partial charge >= 0.3 is 0 Å². The Morgan fingerprint density at radius 2 is 2.25 bits per heavy atom. The lowest BCUT2D eigenvalue weighted by Crippen LogP contribution is -2.15. The summed E-state index contributed by atoms with van der Waals surface area (Å²) in [5.74, 6) is 1.82. The number of aromatic amines is 1. The molecule has 5 heteroatoms. The van der Waals surface area contributed by atoms with Crippen LogP contribution in [0.3, 0.4) is 0 Å². The van der Waals surface area contributed by atoms with Gasteiger partial charge in [-0.25, -0.2) is 0 Å². The number of hydrogen-bond donors (Lipinski definition) is 2. The van der Waals surface area contributed by atoms with E-state index >= 15 is 0 Å². The van der Waals surface area contributed by atoms with Crippen LogP contribution in [0.4, 0.5) is 5.82 Å². The van der Waals surface area contributed by atoms with Crippen LogP contribution in [0, 0.1) is 0 Å². The molecule has 1 aromatic carbocycles. The number of methoxy groups -OCH3 is 1. The van der Waals surface area contributed by atoms with Gasteiger partial charge in [0.15, 0.2) is 5.82 Å². The molecule has 3 rings (SSSR count). The van der Waals surface area contributed by atoms with Gasteiger partial charge < -0.3 is 10.1 Å². The van der Waals surface area contributed by atoms with E-state index in [9.17, 15) is 4.79 Å². The number of hydrogen-bond acceptors (Lipinski definition) is 3. The molecule has 20 heavy (non-hydrogen) atoms. The average molecular weight is 271 g/mol. The fourth-order valence-corrected chi connectivity index (χ4v) is 2.21. The Kier molecular flexibility index (Phi) is 3.41. The Labute approximate surface area is 117 Å². The lowest BCUT2D eigenvalue weighted by molar-refractivity contribution is -0.115. The molecule has 5 nitrogen and oxygen atoms in total. The van der Waals surface area contributed by atoms with E-state index in [4.69, 9.17) is 4.74 Å². The van der Waals surface area contributed by atoms with E-state index in [1.54, 1.807) is 7.11 Å². The summed E-state index contributed by atoms with van der Waals surface area (Å²) in [4.78, 5) is 12.0. The van der Waals surface area contributed by atoms with Crippen molar-refractivity contribution in [2.45, 2.75) is 25.2 Å². The average Bonchev–Trinajstić information content (AvgIpc) is 3.20. The molecule has 1 amide bonds. The predicted molar refractivity (Wildman–Crippen MR) is 75.9 cm³/mol. The maximum atomic E-state index is 12.0. The highest BCUT2D eigenvalue weighted by Crippen LogP contribution is 2.39. The smallest absolute Gasteiger partial charge is 0.230 e. The lowest BCUT2D eigenvalue weighted by atomic mass is 10.1. The van der Waals surface area contributed by atoms with Crippen molar-refractivity contribution < 1.29 is 9.53 Å². The quantitative estimate of drug-likeness (QED) is 0.878. The van der Waals surface area contributed by atoms with Crippen LogP contribution >= 0.6 is 0 Å². The Morgan fingerprint density at radius 3 is 3.00 bits per heavy atom. The summed E-state index contributed by atoms with van der Waals surface area (Å²) < 4.78 is 5.24. The number of benzene rings is 1. The number of H-pyrrole nitrogens is 1. The zero-order valence-electron chi connectivity index (χ0n) is 11.3. The molecule has 0 atom stereocenters. The molecule has 1 heterocycles. The van der Waals surface area contributed by atoms with Crippen molar-refractivity contribution in [3.63, 3.8) is 0 Å². The second kappa shape index (κ2) is 5.36. The van der Waals surface area contributed by atoms with E-state index in [-0.39, 0.29) is 12.3 Å². The summed E-state index contributed by atoms with van der Waals surface area (Å²) >= 11 is 0. The van der Waals surface area contributed by atoms with E-state index < -0.39 is 0 Å². The molecule has 1 aromatic heterocycles. The van der Waals surface area contributed by atoms with Crippen LogP contribution in [0.25, 0.3) is 0 Å². The highest BCUT2D eigenvalue weighted by Gasteiger charge is 2.25. The number of rotatable bonds is 5. The van der Waals surface area contributed by atoms with Crippen LogP contribution in [0.5, 0.6) is 5.75 Å². The molecule has 1 aliphatic rings. The molecule has 1 saturated carbocycles. The highest BCUT2D eigenvalue weighted by atomic mass is 16.5. The molecule has 2 aromatic rings. The second-order valence-electron chi connectivity index (χ2n) is 5.02. The first-order valence-electron chi connectivity index (χ1n) is 6.73. The maximum absolute atomic E-state index is 12.0. The van der Waals surface area contributed by atoms with E-state index in [1.807, 2.05) is 30.3 Å². The lowest BCUT2D eigenvalue weighted by Gasteiger charge is -2.07. The van der Waals surface area contributed by atoms with Crippen LogP contribution in [0.2, 0.25) is 0 Å². The number of aromatic nitrogens is 2. The van der Waals surface area contributed by atoms with Crippen molar-refractivity contribution >= 4 is 11.7 Å². The van der Waals surface area contributed by atoms with E-state index in [1.165, 1.54) is 12.8 Å². The van der Waals surface area contributed by atoms with Crippen molar-refractivity contribution in [3.05, 3.63) is 41.6 Å². The summed E-state index contributed by atoms with van der Waals surface area (Å²) in [5.41, 5.74) is 1.98. The summed E-state index contributed by atoms with van der Waals surface area (Å²) in [6, 6.07) is 9.43. The fourth-order valence-electron chi connectivity index (χ4n) is 2.21. The number of ether oxygens (including phenoxy) is 1. The van der Waals surface area contributed by atoms with Crippen LogP contribution in [-0.4, -0.2) is 23.2 Å². The van der Waals surface area contributed by atoms with Gasteiger partial charge in [-0.3, -0.25) is 9.89 Å². The molecule has 0 aliphatic heterocycles. The van der Waals surface area contributed by atoms with Gasteiger partial charge in [-0.05, 0) is 18.9 Å². The first-order chi connectivity index (χ1) is 9.76. The van der Waals surface area contributed by atoms with Crippen molar-refractivity contribution in [2.75, 3.05) is 12.4 Å². The van der Waals surface area contributed by atoms with Crippen LogP contribution in [0.1, 0.15) is 30.0 Å². The van der Waals surface area contributed by atoms with Crippen molar-refractivity contribution in [2.24, 2.45) is 0 Å².